The predicted molar refractivity (Wildman–Crippen MR) is 78.7 cm³/mol. The Morgan fingerprint density at radius 2 is 2.00 bits per heavy atom. The molecule has 0 aromatic rings. The van der Waals surface area contributed by atoms with Crippen molar-refractivity contribution in [1.29, 1.82) is 0 Å². The lowest BCUT2D eigenvalue weighted by atomic mass is 10.3. The Hall–Kier alpha value is -0.440. The molecule has 2 amide bonds. The predicted octanol–water partition coefficient (Wildman–Crippen LogP) is -0.511. The van der Waals surface area contributed by atoms with Gasteiger partial charge >= 0.3 is 0 Å². The lowest BCUT2D eigenvalue weighted by Gasteiger charge is -2.33. The van der Waals surface area contributed by atoms with Crippen molar-refractivity contribution < 1.29 is 9.59 Å². The maximum absolute atomic E-state index is 11.7. The first kappa shape index (κ1) is 15.0. The van der Waals surface area contributed by atoms with Gasteiger partial charge in [0.05, 0.1) is 13.1 Å². The molecule has 6 nitrogen and oxygen atoms in total. The molecule has 2 saturated heterocycles. The molecule has 108 valence electrons. The molecule has 19 heavy (non-hydrogen) atoms. The molecule has 2 aliphatic heterocycles. The molecule has 0 radical (unpaired) electrons. The van der Waals surface area contributed by atoms with E-state index < -0.39 is 0 Å². The zero-order valence-electron chi connectivity index (χ0n) is 11.1. The highest BCUT2D eigenvalue weighted by molar-refractivity contribution is 7.97. The van der Waals surface area contributed by atoms with E-state index in [1.165, 1.54) is 11.9 Å². The quantitative estimate of drug-likeness (QED) is 0.691. The minimum absolute atomic E-state index is 0.152. The molecule has 0 aromatic carbocycles. The van der Waals surface area contributed by atoms with E-state index in [9.17, 15) is 9.59 Å². The molecule has 0 spiro atoms. The van der Waals surface area contributed by atoms with Crippen molar-refractivity contribution in [3.63, 3.8) is 0 Å². The zero-order valence-corrected chi connectivity index (χ0v) is 12.8. The summed E-state index contributed by atoms with van der Waals surface area (Å²) in [6.07, 6.45) is 1.93. The number of rotatable bonds is 5. The smallest absolute Gasteiger partial charge is 0.246 e. The Morgan fingerprint density at radius 1 is 1.16 bits per heavy atom. The summed E-state index contributed by atoms with van der Waals surface area (Å²) in [5.41, 5.74) is 0. The molecule has 0 aromatic heterocycles. The van der Waals surface area contributed by atoms with Crippen molar-refractivity contribution in [2.45, 2.75) is 0 Å². The van der Waals surface area contributed by atoms with Crippen molar-refractivity contribution in [2.75, 3.05) is 57.8 Å². The van der Waals surface area contributed by atoms with Crippen LogP contribution in [0.2, 0.25) is 0 Å². The van der Waals surface area contributed by atoms with E-state index in [1.54, 1.807) is 11.9 Å². The average molecular weight is 304 g/mol. The minimum Gasteiger partial charge on any atom is -0.307 e. The van der Waals surface area contributed by atoms with Crippen LogP contribution in [0.3, 0.4) is 0 Å². The van der Waals surface area contributed by atoms with Crippen LogP contribution in [0.4, 0.5) is 0 Å². The maximum atomic E-state index is 11.7. The molecule has 2 heterocycles. The summed E-state index contributed by atoms with van der Waals surface area (Å²) in [5.74, 6) is 1.19. The number of carbonyl (C=O) groups excluding carboxylic acids is 2. The lowest BCUT2D eigenvalue weighted by molar-refractivity contribution is -0.130. The van der Waals surface area contributed by atoms with Gasteiger partial charge in [-0.2, -0.15) is 0 Å². The molecule has 0 saturated carbocycles. The van der Waals surface area contributed by atoms with Crippen molar-refractivity contribution in [3.8, 4) is 0 Å². The fraction of sp³-hybridized carbons (Fsp3) is 0.818. The number of hydrogen-bond donors (Lipinski definition) is 1. The topological polar surface area (TPSA) is 55.9 Å². The second-order valence-electron chi connectivity index (χ2n) is 4.46. The van der Waals surface area contributed by atoms with Gasteiger partial charge in [-0.3, -0.25) is 23.1 Å². The molecule has 8 heteroatoms. The van der Waals surface area contributed by atoms with Gasteiger partial charge in [-0.1, -0.05) is 11.9 Å². The van der Waals surface area contributed by atoms with Crippen LogP contribution < -0.4 is 5.32 Å². The second kappa shape index (κ2) is 7.37. The third kappa shape index (κ3) is 4.27. The summed E-state index contributed by atoms with van der Waals surface area (Å²) in [7, 11) is 0. The summed E-state index contributed by atoms with van der Waals surface area (Å²) < 4.78 is 3.64. The molecule has 2 fully saturated rings. The van der Waals surface area contributed by atoms with Crippen LogP contribution in [0, 0.1) is 0 Å². The highest BCUT2D eigenvalue weighted by atomic mass is 32.2. The van der Waals surface area contributed by atoms with Crippen LogP contribution in [-0.4, -0.2) is 83.1 Å². The van der Waals surface area contributed by atoms with Gasteiger partial charge in [0, 0.05) is 44.7 Å². The van der Waals surface area contributed by atoms with Crippen molar-refractivity contribution in [3.05, 3.63) is 0 Å². The van der Waals surface area contributed by atoms with Gasteiger partial charge < -0.3 is 5.32 Å². The number of nitrogens with zero attached hydrogens (tertiary/aromatic N) is 3. The number of piperazine rings is 2. The summed E-state index contributed by atoms with van der Waals surface area (Å²) >= 11 is 3.07. The van der Waals surface area contributed by atoms with Crippen LogP contribution in [0.25, 0.3) is 0 Å². The van der Waals surface area contributed by atoms with Gasteiger partial charge in [0.2, 0.25) is 11.8 Å². The first-order chi connectivity index (χ1) is 9.20. The van der Waals surface area contributed by atoms with Gasteiger partial charge in [0.1, 0.15) is 0 Å². The Kier molecular flexibility index (Phi) is 5.80. The first-order valence-corrected chi connectivity index (χ1v) is 8.54. The zero-order chi connectivity index (χ0) is 13.7. The largest absolute Gasteiger partial charge is 0.307 e. The van der Waals surface area contributed by atoms with Crippen molar-refractivity contribution >= 4 is 35.7 Å². The molecule has 1 N–H and O–H groups in total. The summed E-state index contributed by atoms with van der Waals surface area (Å²) in [6.45, 7) is 5.14. The summed E-state index contributed by atoms with van der Waals surface area (Å²) in [5, 5.41) is 3.05. The Morgan fingerprint density at radius 3 is 2.68 bits per heavy atom. The van der Waals surface area contributed by atoms with Crippen LogP contribution in [0.5, 0.6) is 0 Å². The summed E-state index contributed by atoms with van der Waals surface area (Å²) in [6, 6.07) is 0. The monoisotopic (exact) mass is 304 g/mol. The van der Waals surface area contributed by atoms with Gasteiger partial charge in [-0.05, 0) is 11.9 Å². The third-order valence-electron chi connectivity index (χ3n) is 3.18. The number of hydrogen-bond acceptors (Lipinski definition) is 6. The second-order valence-corrected chi connectivity index (χ2v) is 6.37. The number of carbonyl (C=O) groups is 2. The van der Waals surface area contributed by atoms with Crippen LogP contribution >= 0.6 is 23.9 Å². The van der Waals surface area contributed by atoms with Crippen molar-refractivity contribution in [2.24, 2.45) is 0 Å². The SMILES string of the molecule is CSN1CCN(CCSN2CCNCC2=O)CC1=O. The van der Waals surface area contributed by atoms with E-state index in [-0.39, 0.29) is 11.8 Å². The first-order valence-electron chi connectivity index (χ1n) is 6.41. The fourth-order valence-electron chi connectivity index (χ4n) is 2.10. The number of nitrogens with one attached hydrogen (secondary N) is 1. The van der Waals surface area contributed by atoms with E-state index in [4.69, 9.17) is 0 Å². The third-order valence-corrected chi connectivity index (χ3v) is 5.07. The molecular weight excluding hydrogens is 284 g/mol. The molecule has 0 atom stereocenters. The Balaban J connectivity index is 1.66. The molecule has 0 bridgehead atoms. The van der Waals surface area contributed by atoms with Gasteiger partial charge in [-0.25, -0.2) is 0 Å². The summed E-state index contributed by atoms with van der Waals surface area (Å²) in [4.78, 5) is 25.5. The maximum Gasteiger partial charge on any atom is 0.246 e. The van der Waals surface area contributed by atoms with E-state index in [0.717, 1.165) is 38.5 Å². The minimum atomic E-state index is 0.152. The van der Waals surface area contributed by atoms with Crippen LogP contribution in [0.15, 0.2) is 0 Å². The number of amides is 2. The molecular formula is C11H20N4O2S2. The highest BCUT2D eigenvalue weighted by Crippen LogP contribution is 2.14. The standard InChI is InChI=1S/C11H20N4O2S2/c1-18-14-5-4-13(9-11(14)17)6-7-19-15-3-2-12-8-10(15)16/h12H,2-9H2,1H3. The highest BCUT2D eigenvalue weighted by Gasteiger charge is 2.24. The van der Waals surface area contributed by atoms with E-state index in [1.807, 2.05) is 14.9 Å². The molecule has 0 unspecified atom stereocenters. The van der Waals surface area contributed by atoms with Gasteiger partial charge in [0.25, 0.3) is 0 Å². The Labute approximate surface area is 122 Å². The van der Waals surface area contributed by atoms with E-state index >= 15 is 0 Å². The van der Waals surface area contributed by atoms with Gasteiger partial charge in [0.15, 0.2) is 0 Å². The molecule has 0 aliphatic carbocycles. The normalized spacial score (nSPS) is 22.2. The van der Waals surface area contributed by atoms with Crippen LogP contribution in [-0.2, 0) is 9.59 Å². The van der Waals surface area contributed by atoms with Crippen molar-refractivity contribution in [1.82, 2.24) is 18.8 Å². The molecule has 2 aliphatic rings. The van der Waals surface area contributed by atoms with E-state index in [0.29, 0.717) is 13.1 Å². The van der Waals surface area contributed by atoms with Crippen LogP contribution in [0.1, 0.15) is 0 Å². The fourth-order valence-corrected chi connectivity index (χ4v) is 3.61. The lowest BCUT2D eigenvalue weighted by Crippen LogP contribution is -2.48. The van der Waals surface area contributed by atoms with Gasteiger partial charge in [-0.15, -0.1) is 0 Å². The average Bonchev–Trinajstić information content (AvgIpc) is 2.41. The Bertz CT molecular complexity index is 343. The van der Waals surface area contributed by atoms with E-state index in [2.05, 4.69) is 10.2 Å². The molecule has 2 rings (SSSR count).